The highest BCUT2D eigenvalue weighted by Crippen LogP contribution is 2.29. The summed E-state index contributed by atoms with van der Waals surface area (Å²) in [5.74, 6) is 1.58. The number of nitrogens with zero attached hydrogens (tertiary/aromatic N) is 1. The van der Waals surface area contributed by atoms with Gasteiger partial charge in [0.1, 0.15) is 5.78 Å². The number of hydrogen-bond acceptors (Lipinski definition) is 5. The van der Waals surface area contributed by atoms with E-state index in [1.165, 1.54) is 0 Å². The predicted octanol–water partition coefficient (Wildman–Crippen LogP) is 2.79. The Balaban J connectivity index is 2.12. The van der Waals surface area contributed by atoms with E-state index in [0.29, 0.717) is 45.0 Å². The smallest absolute Gasteiger partial charge is 0.240 e. The third-order valence-electron chi connectivity index (χ3n) is 4.79. The fourth-order valence-corrected chi connectivity index (χ4v) is 3.41. The largest absolute Gasteiger partial charge is 0.490 e. The Bertz CT molecular complexity index is 647. The molecule has 1 N–H and O–H groups in total. The maximum absolute atomic E-state index is 13.0. The molecule has 2 rings (SSSR count). The molecular formula is C21H32N2O4. The van der Waals surface area contributed by atoms with Gasteiger partial charge in [-0.05, 0) is 51.3 Å². The number of nitrogens with one attached hydrogen (secondary N) is 1. The highest BCUT2D eigenvalue weighted by Gasteiger charge is 2.34. The Kier molecular flexibility index (Phi) is 8.10. The van der Waals surface area contributed by atoms with Crippen LogP contribution >= 0.6 is 0 Å². The molecule has 2 atom stereocenters. The molecule has 0 radical (unpaired) electrons. The molecule has 6 nitrogen and oxygen atoms in total. The Morgan fingerprint density at radius 1 is 1.15 bits per heavy atom. The van der Waals surface area contributed by atoms with Crippen LogP contribution in [0.15, 0.2) is 18.2 Å². The van der Waals surface area contributed by atoms with E-state index < -0.39 is 0 Å². The molecule has 0 aliphatic carbocycles. The lowest BCUT2D eigenvalue weighted by atomic mass is 10.0. The summed E-state index contributed by atoms with van der Waals surface area (Å²) in [5.41, 5.74) is 1.00. The summed E-state index contributed by atoms with van der Waals surface area (Å²) < 4.78 is 11.3. The van der Waals surface area contributed by atoms with Crippen LogP contribution in [0.4, 0.5) is 0 Å². The summed E-state index contributed by atoms with van der Waals surface area (Å²) in [6.45, 7) is 10.4. The number of carbonyl (C=O) groups is 2. The monoisotopic (exact) mass is 376 g/mol. The van der Waals surface area contributed by atoms with Crippen LogP contribution < -0.4 is 14.8 Å². The van der Waals surface area contributed by atoms with Gasteiger partial charge in [-0.1, -0.05) is 13.0 Å². The first-order valence-corrected chi connectivity index (χ1v) is 9.91. The van der Waals surface area contributed by atoms with E-state index in [0.717, 1.165) is 17.7 Å². The molecule has 6 heteroatoms. The van der Waals surface area contributed by atoms with Gasteiger partial charge in [0.2, 0.25) is 5.91 Å². The molecule has 27 heavy (non-hydrogen) atoms. The van der Waals surface area contributed by atoms with Crippen molar-refractivity contribution in [1.82, 2.24) is 10.2 Å². The third-order valence-corrected chi connectivity index (χ3v) is 4.79. The second-order valence-electron chi connectivity index (χ2n) is 6.91. The van der Waals surface area contributed by atoms with Crippen LogP contribution in [0.3, 0.4) is 0 Å². The van der Waals surface area contributed by atoms with E-state index in [2.05, 4.69) is 12.2 Å². The summed E-state index contributed by atoms with van der Waals surface area (Å²) in [6.07, 6.45) is 1.46. The van der Waals surface area contributed by atoms with Gasteiger partial charge in [0.25, 0.3) is 0 Å². The number of hydrogen-bond donors (Lipinski definition) is 1. The van der Waals surface area contributed by atoms with E-state index in [9.17, 15) is 9.59 Å². The fourth-order valence-electron chi connectivity index (χ4n) is 3.41. The van der Waals surface area contributed by atoms with Gasteiger partial charge in [0, 0.05) is 25.6 Å². The maximum Gasteiger partial charge on any atom is 0.240 e. The zero-order valence-corrected chi connectivity index (χ0v) is 16.9. The number of benzene rings is 1. The minimum Gasteiger partial charge on any atom is -0.490 e. The molecule has 0 bridgehead atoms. The topological polar surface area (TPSA) is 67.9 Å². The molecule has 2 unspecified atom stereocenters. The summed E-state index contributed by atoms with van der Waals surface area (Å²) >= 11 is 0. The first-order valence-electron chi connectivity index (χ1n) is 9.91. The molecule has 0 saturated carbocycles. The van der Waals surface area contributed by atoms with Gasteiger partial charge < -0.3 is 19.7 Å². The summed E-state index contributed by atoms with van der Waals surface area (Å²) in [5, 5.41) is 3.21. The van der Waals surface area contributed by atoms with E-state index in [1.807, 2.05) is 36.9 Å². The number of rotatable bonds is 10. The normalized spacial score (nSPS) is 19.0. The molecular weight excluding hydrogens is 344 g/mol. The van der Waals surface area contributed by atoms with Gasteiger partial charge in [0.15, 0.2) is 11.5 Å². The Morgan fingerprint density at radius 3 is 2.44 bits per heavy atom. The minimum absolute atomic E-state index is 0.0579. The molecule has 1 aliphatic rings. The number of ketones is 1. The van der Waals surface area contributed by atoms with E-state index in [1.54, 1.807) is 6.92 Å². The fraction of sp³-hybridized carbons (Fsp3) is 0.619. The molecule has 1 aliphatic heterocycles. The second kappa shape index (κ2) is 10.3. The molecule has 1 saturated heterocycles. The highest BCUT2D eigenvalue weighted by molar-refractivity contribution is 5.85. The van der Waals surface area contributed by atoms with Crippen LogP contribution in [0.1, 0.15) is 46.1 Å². The molecule has 1 aromatic carbocycles. The highest BCUT2D eigenvalue weighted by atomic mass is 16.5. The van der Waals surface area contributed by atoms with Crippen LogP contribution in [-0.2, 0) is 16.1 Å². The van der Waals surface area contributed by atoms with Crippen molar-refractivity contribution < 1.29 is 19.1 Å². The zero-order valence-electron chi connectivity index (χ0n) is 16.9. The predicted molar refractivity (Wildman–Crippen MR) is 105 cm³/mol. The SMILES string of the molecule is CCCN(Cc1ccc(OCC)c(OCC)c1)C(=O)C1CC(C(C)=O)CN1. The lowest BCUT2D eigenvalue weighted by molar-refractivity contribution is -0.133. The average Bonchev–Trinajstić information content (AvgIpc) is 3.14. The molecule has 150 valence electrons. The van der Waals surface area contributed by atoms with Crippen LogP contribution in [0.2, 0.25) is 0 Å². The molecule has 1 fully saturated rings. The van der Waals surface area contributed by atoms with Gasteiger partial charge in [-0.25, -0.2) is 0 Å². The van der Waals surface area contributed by atoms with Crippen molar-refractivity contribution in [2.75, 3.05) is 26.3 Å². The zero-order chi connectivity index (χ0) is 19.8. The maximum atomic E-state index is 13.0. The molecule has 1 amide bonds. The Hall–Kier alpha value is -2.08. The van der Waals surface area contributed by atoms with Gasteiger partial charge in [-0.3, -0.25) is 9.59 Å². The van der Waals surface area contributed by atoms with Crippen molar-refractivity contribution in [1.29, 1.82) is 0 Å². The van der Waals surface area contributed by atoms with Crippen molar-refractivity contribution in [3.05, 3.63) is 23.8 Å². The summed E-state index contributed by atoms with van der Waals surface area (Å²) in [6, 6.07) is 5.55. The van der Waals surface area contributed by atoms with Crippen LogP contribution in [0, 0.1) is 5.92 Å². The van der Waals surface area contributed by atoms with E-state index in [-0.39, 0.29) is 23.7 Å². The van der Waals surface area contributed by atoms with Gasteiger partial charge in [0.05, 0.1) is 19.3 Å². The van der Waals surface area contributed by atoms with Gasteiger partial charge in [-0.2, -0.15) is 0 Å². The van der Waals surface area contributed by atoms with E-state index >= 15 is 0 Å². The first-order chi connectivity index (χ1) is 13.0. The van der Waals surface area contributed by atoms with Gasteiger partial charge in [-0.15, -0.1) is 0 Å². The quantitative estimate of drug-likeness (QED) is 0.680. The summed E-state index contributed by atoms with van der Waals surface area (Å²) in [7, 11) is 0. The summed E-state index contributed by atoms with van der Waals surface area (Å²) in [4.78, 5) is 26.4. The number of carbonyl (C=O) groups excluding carboxylic acids is 2. The van der Waals surface area contributed by atoms with E-state index in [4.69, 9.17) is 9.47 Å². The van der Waals surface area contributed by atoms with Crippen LogP contribution in [0.5, 0.6) is 11.5 Å². The van der Waals surface area contributed by atoms with Crippen molar-refractivity contribution >= 4 is 11.7 Å². The average molecular weight is 376 g/mol. The number of ether oxygens (including phenoxy) is 2. The van der Waals surface area contributed by atoms with Crippen LogP contribution in [0.25, 0.3) is 0 Å². The van der Waals surface area contributed by atoms with Crippen molar-refractivity contribution in [3.63, 3.8) is 0 Å². The van der Waals surface area contributed by atoms with Crippen molar-refractivity contribution in [2.24, 2.45) is 5.92 Å². The Labute approximate surface area is 162 Å². The number of Topliss-reactive ketones (excluding diaryl/α,β-unsaturated/α-hetero) is 1. The lowest BCUT2D eigenvalue weighted by Gasteiger charge is -2.26. The first kappa shape index (κ1) is 21.2. The minimum atomic E-state index is -0.278. The standard InChI is InChI=1S/C21H32N2O4/c1-5-10-23(21(25)18-12-17(13-22-18)15(4)24)14-16-8-9-19(26-6-2)20(11-16)27-7-3/h8-9,11,17-18,22H,5-7,10,12-14H2,1-4H3. The van der Waals surface area contributed by atoms with Crippen molar-refractivity contribution in [2.45, 2.75) is 53.1 Å². The Morgan fingerprint density at radius 2 is 1.85 bits per heavy atom. The molecule has 1 heterocycles. The second-order valence-corrected chi connectivity index (χ2v) is 6.91. The van der Waals surface area contributed by atoms with Crippen molar-refractivity contribution in [3.8, 4) is 11.5 Å². The molecule has 0 spiro atoms. The molecule has 0 aromatic heterocycles. The van der Waals surface area contributed by atoms with Gasteiger partial charge >= 0.3 is 0 Å². The molecule has 1 aromatic rings. The van der Waals surface area contributed by atoms with Crippen LogP contribution in [-0.4, -0.2) is 48.9 Å². The third kappa shape index (κ3) is 5.70. The number of amides is 1. The lowest BCUT2D eigenvalue weighted by Crippen LogP contribution is -2.43.